The van der Waals surface area contributed by atoms with Crippen molar-refractivity contribution in [1.29, 1.82) is 0 Å². The highest BCUT2D eigenvalue weighted by molar-refractivity contribution is 6.82. The van der Waals surface area contributed by atoms with Crippen molar-refractivity contribution < 1.29 is 0 Å². The first-order valence-corrected chi connectivity index (χ1v) is 10.1. The quantitative estimate of drug-likeness (QED) is 0.355. The van der Waals surface area contributed by atoms with Crippen molar-refractivity contribution in [2.45, 2.75) is 0 Å². The number of nitrogens with one attached hydrogen (secondary N) is 2. The van der Waals surface area contributed by atoms with Crippen molar-refractivity contribution in [3.05, 3.63) is 91.0 Å². The molecule has 1 aliphatic heterocycles. The molecule has 0 bridgehead atoms. The molecule has 3 heteroatoms. The summed E-state index contributed by atoms with van der Waals surface area (Å²) in [6, 6.07) is 32.9. The third-order valence-electron chi connectivity index (χ3n) is 6.40. The fraction of sp³-hybridized carbons (Fsp3) is 0. The molecule has 0 saturated heterocycles. The number of fused-ring (bicyclic) bond motifs is 3. The van der Waals surface area contributed by atoms with E-state index in [9.17, 15) is 0 Å². The van der Waals surface area contributed by atoms with Gasteiger partial charge in [0.2, 0.25) is 0 Å². The van der Waals surface area contributed by atoms with Gasteiger partial charge < -0.3 is 10.5 Å². The third-order valence-corrected chi connectivity index (χ3v) is 6.40. The third kappa shape index (κ3) is 1.97. The maximum absolute atomic E-state index is 3.74. The molecule has 1 heterocycles. The van der Waals surface area contributed by atoms with Gasteiger partial charge >= 0.3 is 6.98 Å². The van der Waals surface area contributed by atoms with Crippen LogP contribution in [-0.2, 0) is 0 Å². The molecule has 5 aromatic carbocycles. The Morgan fingerprint density at radius 3 is 1.83 bits per heavy atom. The highest BCUT2D eigenvalue weighted by Gasteiger charge is 2.29. The Labute approximate surface area is 169 Å². The molecule has 2 N–H and O–H groups in total. The van der Waals surface area contributed by atoms with E-state index in [1.165, 1.54) is 60.6 Å². The fourth-order valence-corrected chi connectivity index (χ4v) is 5.17. The molecule has 29 heavy (non-hydrogen) atoms. The second-order valence-corrected chi connectivity index (χ2v) is 7.91. The summed E-state index contributed by atoms with van der Waals surface area (Å²) in [5, 5.41) is 12.7. The smallest absolute Gasteiger partial charge is 0.405 e. The summed E-state index contributed by atoms with van der Waals surface area (Å²) in [5.41, 5.74) is 9.02. The predicted octanol–water partition coefficient (Wildman–Crippen LogP) is 5.87. The predicted molar refractivity (Wildman–Crippen MR) is 125 cm³/mol. The van der Waals surface area contributed by atoms with Crippen LogP contribution in [0.5, 0.6) is 0 Å². The summed E-state index contributed by atoms with van der Waals surface area (Å²) in [6.45, 7) is 0.0310. The zero-order valence-electron chi connectivity index (χ0n) is 15.7. The average Bonchev–Trinajstić information content (AvgIpc) is 3.10. The first kappa shape index (κ1) is 15.2. The van der Waals surface area contributed by atoms with Crippen LogP contribution in [0.25, 0.3) is 43.8 Å². The normalized spacial score (nSPS) is 13.3. The molecule has 0 saturated carbocycles. The number of benzene rings is 5. The average molecular weight is 368 g/mol. The molecule has 0 amide bonds. The highest BCUT2D eigenvalue weighted by atomic mass is 15.0. The fourth-order valence-electron chi connectivity index (χ4n) is 5.17. The molecule has 0 radical (unpaired) electrons. The first-order chi connectivity index (χ1) is 14.4. The van der Waals surface area contributed by atoms with Gasteiger partial charge in [-0.2, -0.15) is 0 Å². The van der Waals surface area contributed by atoms with Crippen molar-refractivity contribution >= 4 is 45.4 Å². The Morgan fingerprint density at radius 1 is 0.483 bits per heavy atom. The first-order valence-electron chi connectivity index (χ1n) is 10.1. The Balaban J connectivity index is 1.45. The van der Waals surface area contributed by atoms with E-state index < -0.39 is 0 Å². The molecule has 0 atom stereocenters. The standard InChI is InChI=1S/C26H17BN2/c1-2-9-18-17(8-1)19-10-5-11-21-22(15-14-20(18)26(19)21)27-28-23-12-3-6-16-7-4-13-24(29-27)25(16)23/h1-15,28-29H. The molecular formula is C26H17BN2. The van der Waals surface area contributed by atoms with Crippen LogP contribution < -0.4 is 15.9 Å². The van der Waals surface area contributed by atoms with Gasteiger partial charge in [0, 0.05) is 16.8 Å². The molecule has 0 spiro atoms. The van der Waals surface area contributed by atoms with Gasteiger partial charge in [-0.1, -0.05) is 78.9 Å². The molecule has 7 rings (SSSR count). The zero-order valence-corrected chi connectivity index (χ0v) is 15.7. The second-order valence-electron chi connectivity index (χ2n) is 7.91. The minimum Gasteiger partial charge on any atom is -0.405 e. The summed E-state index contributed by atoms with van der Waals surface area (Å²) in [5.74, 6) is 0. The van der Waals surface area contributed by atoms with E-state index in [4.69, 9.17) is 0 Å². The van der Waals surface area contributed by atoms with Crippen LogP contribution in [0.2, 0.25) is 0 Å². The van der Waals surface area contributed by atoms with E-state index >= 15 is 0 Å². The molecule has 0 fully saturated rings. The second kappa shape index (κ2) is 5.42. The number of hydrogen-bond donors (Lipinski definition) is 2. The van der Waals surface area contributed by atoms with Crippen molar-refractivity contribution in [2.24, 2.45) is 0 Å². The van der Waals surface area contributed by atoms with Crippen molar-refractivity contribution in [3.63, 3.8) is 0 Å². The van der Waals surface area contributed by atoms with E-state index in [0.717, 1.165) is 0 Å². The van der Waals surface area contributed by atoms with Gasteiger partial charge in [-0.05, 0) is 56.0 Å². The Hall–Kier alpha value is -3.72. The van der Waals surface area contributed by atoms with Gasteiger partial charge in [0.1, 0.15) is 0 Å². The molecule has 5 aromatic rings. The van der Waals surface area contributed by atoms with Crippen LogP contribution in [0.1, 0.15) is 0 Å². The summed E-state index contributed by atoms with van der Waals surface area (Å²) in [4.78, 5) is 0. The van der Waals surface area contributed by atoms with Gasteiger partial charge in [0.15, 0.2) is 0 Å². The largest absolute Gasteiger partial charge is 0.406 e. The van der Waals surface area contributed by atoms with Crippen LogP contribution in [-0.4, -0.2) is 6.98 Å². The molecule has 2 nitrogen and oxygen atoms in total. The Bertz CT molecular complexity index is 1400. The highest BCUT2D eigenvalue weighted by Crippen LogP contribution is 2.46. The molecular weight excluding hydrogens is 351 g/mol. The van der Waals surface area contributed by atoms with Crippen molar-refractivity contribution in [1.82, 2.24) is 0 Å². The molecule has 0 aromatic heterocycles. The monoisotopic (exact) mass is 368 g/mol. The number of rotatable bonds is 1. The maximum atomic E-state index is 3.74. The SMILES string of the molecule is c1ccc2c(c1)-c1cccc3c(B4Nc5cccc6cccc(c56)N4)ccc-2c13. The molecule has 2 aliphatic rings. The molecule has 134 valence electrons. The lowest BCUT2D eigenvalue weighted by Crippen LogP contribution is -2.48. The minimum absolute atomic E-state index is 0.0310. The van der Waals surface area contributed by atoms with E-state index in [1.54, 1.807) is 0 Å². The lowest BCUT2D eigenvalue weighted by molar-refractivity contribution is 1.61. The zero-order chi connectivity index (χ0) is 18.9. The summed E-state index contributed by atoms with van der Waals surface area (Å²) in [7, 11) is 0. The van der Waals surface area contributed by atoms with Gasteiger partial charge in [-0.15, -0.1) is 0 Å². The van der Waals surface area contributed by atoms with Gasteiger partial charge in [-0.3, -0.25) is 0 Å². The number of hydrogen-bond acceptors (Lipinski definition) is 2. The van der Waals surface area contributed by atoms with E-state index in [1.807, 2.05) is 0 Å². The van der Waals surface area contributed by atoms with Gasteiger partial charge in [0.05, 0.1) is 0 Å². The summed E-state index contributed by atoms with van der Waals surface area (Å²) < 4.78 is 0. The summed E-state index contributed by atoms with van der Waals surface area (Å²) >= 11 is 0. The number of anilines is 2. The van der Waals surface area contributed by atoms with E-state index in [2.05, 4.69) is 101 Å². The van der Waals surface area contributed by atoms with Crippen molar-refractivity contribution in [3.8, 4) is 22.3 Å². The Morgan fingerprint density at radius 2 is 1.10 bits per heavy atom. The lowest BCUT2D eigenvalue weighted by atomic mass is 9.64. The van der Waals surface area contributed by atoms with Crippen LogP contribution in [0, 0.1) is 0 Å². The lowest BCUT2D eigenvalue weighted by Gasteiger charge is -2.27. The van der Waals surface area contributed by atoms with Crippen molar-refractivity contribution in [2.75, 3.05) is 10.5 Å². The molecule has 1 aliphatic carbocycles. The summed E-state index contributed by atoms with van der Waals surface area (Å²) in [6.07, 6.45) is 0. The minimum atomic E-state index is 0.0310. The Kier molecular flexibility index (Phi) is 2.85. The van der Waals surface area contributed by atoms with Crippen LogP contribution in [0.15, 0.2) is 91.0 Å². The van der Waals surface area contributed by atoms with E-state index in [-0.39, 0.29) is 6.98 Å². The van der Waals surface area contributed by atoms with Gasteiger partial charge in [0.25, 0.3) is 0 Å². The maximum Gasteiger partial charge on any atom is 0.406 e. The topological polar surface area (TPSA) is 24.1 Å². The van der Waals surface area contributed by atoms with E-state index in [0.29, 0.717) is 0 Å². The van der Waals surface area contributed by atoms with Crippen LogP contribution >= 0.6 is 0 Å². The van der Waals surface area contributed by atoms with Crippen LogP contribution in [0.4, 0.5) is 11.4 Å². The van der Waals surface area contributed by atoms with Crippen LogP contribution in [0.3, 0.4) is 0 Å². The van der Waals surface area contributed by atoms with Gasteiger partial charge in [-0.25, -0.2) is 0 Å². The molecule has 0 unspecified atom stereocenters.